The highest BCUT2D eigenvalue weighted by Crippen LogP contribution is 2.03. The molecule has 16 heavy (non-hydrogen) atoms. The molecule has 1 rings (SSSR count). The Balaban J connectivity index is 2.33. The van der Waals surface area contributed by atoms with Crippen molar-refractivity contribution in [2.24, 2.45) is 7.05 Å². The van der Waals surface area contributed by atoms with E-state index in [-0.39, 0.29) is 5.91 Å². The monoisotopic (exact) mass is 289 g/mol. The molecule has 0 radical (unpaired) electrons. The van der Waals surface area contributed by atoms with Gasteiger partial charge < -0.3 is 10.1 Å². The second kappa shape index (κ2) is 6.65. The van der Waals surface area contributed by atoms with Gasteiger partial charge in [0.15, 0.2) is 0 Å². The van der Waals surface area contributed by atoms with Crippen LogP contribution in [0.3, 0.4) is 0 Å². The van der Waals surface area contributed by atoms with Gasteiger partial charge in [0.25, 0.3) is 5.91 Å². The Morgan fingerprint density at radius 3 is 2.94 bits per heavy atom. The molecule has 6 heteroatoms. The molecule has 1 N–H and O–H groups in total. The summed E-state index contributed by atoms with van der Waals surface area (Å²) in [5, 5.41) is 7.70. The number of hydrogen-bond acceptors (Lipinski definition) is 3. The number of halogens is 1. The molecule has 0 aliphatic rings. The molecule has 0 aromatic carbocycles. The molecule has 0 bridgehead atoms. The van der Waals surface area contributed by atoms with Crippen molar-refractivity contribution in [3.8, 4) is 0 Å². The van der Waals surface area contributed by atoms with Crippen LogP contribution in [-0.4, -0.2) is 40.8 Å². The molecule has 5 nitrogen and oxygen atoms in total. The van der Waals surface area contributed by atoms with E-state index in [4.69, 9.17) is 4.74 Å². The quantitative estimate of drug-likeness (QED) is 0.625. The molecule has 0 spiro atoms. The summed E-state index contributed by atoms with van der Waals surface area (Å²) in [6.07, 6.45) is 1.71. The van der Waals surface area contributed by atoms with E-state index in [0.717, 1.165) is 11.0 Å². The van der Waals surface area contributed by atoms with Crippen LogP contribution in [-0.2, 0) is 11.8 Å². The van der Waals surface area contributed by atoms with Crippen molar-refractivity contribution in [1.29, 1.82) is 0 Å². The van der Waals surface area contributed by atoms with Crippen molar-refractivity contribution < 1.29 is 9.53 Å². The Bertz CT molecular complexity index is 352. The summed E-state index contributed by atoms with van der Waals surface area (Å²) < 4.78 is 6.85. The molecular weight excluding hydrogens is 274 g/mol. The number of ether oxygens (including phenoxy) is 1. The van der Waals surface area contributed by atoms with Gasteiger partial charge in [-0.15, -0.1) is 0 Å². The smallest absolute Gasteiger partial charge is 0.254 e. The first-order valence-electron chi connectivity index (χ1n) is 5.07. The lowest BCUT2D eigenvalue weighted by molar-refractivity contribution is 0.0923. The van der Waals surface area contributed by atoms with Gasteiger partial charge in [-0.05, 0) is 6.92 Å². The Labute approximate surface area is 103 Å². The van der Waals surface area contributed by atoms with Crippen molar-refractivity contribution >= 4 is 21.8 Å². The second-order valence-corrected chi connectivity index (χ2v) is 4.15. The molecule has 0 unspecified atom stereocenters. The maximum Gasteiger partial charge on any atom is 0.254 e. The molecule has 1 aromatic rings. The SMILES string of the molecule is Cc1nn(C)cc1C(=O)NCCOCCBr. The van der Waals surface area contributed by atoms with E-state index < -0.39 is 0 Å². The van der Waals surface area contributed by atoms with Crippen LogP contribution in [0.2, 0.25) is 0 Å². The molecular formula is C10H16BrN3O2. The number of hydrogen-bond donors (Lipinski definition) is 1. The van der Waals surface area contributed by atoms with E-state index in [1.54, 1.807) is 17.9 Å². The van der Waals surface area contributed by atoms with Crippen molar-refractivity contribution in [3.05, 3.63) is 17.5 Å². The Morgan fingerprint density at radius 1 is 1.62 bits per heavy atom. The third-order valence-corrected chi connectivity index (χ3v) is 2.34. The van der Waals surface area contributed by atoms with Crippen LogP contribution >= 0.6 is 15.9 Å². The maximum absolute atomic E-state index is 11.7. The highest BCUT2D eigenvalue weighted by Gasteiger charge is 2.11. The second-order valence-electron chi connectivity index (χ2n) is 3.36. The molecule has 1 heterocycles. The maximum atomic E-state index is 11.7. The minimum Gasteiger partial charge on any atom is -0.379 e. The van der Waals surface area contributed by atoms with E-state index in [0.29, 0.717) is 25.3 Å². The van der Waals surface area contributed by atoms with Crippen molar-refractivity contribution in [1.82, 2.24) is 15.1 Å². The van der Waals surface area contributed by atoms with Gasteiger partial charge in [0.2, 0.25) is 0 Å². The fourth-order valence-corrected chi connectivity index (χ4v) is 1.54. The van der Waals surface area contributed by atoms with E-state index in [1.165, 1.54) is 0 Å². The number of nitrogens with one attached hydrogen (secondary N) is 1. The van der Waals surface area contributed by atoms with Gasteiger partial charge in [0.05, 0.1) is 24.5 Å². The van der Waals surface area contributed by atoms with Gasteiger partial charge >= 0.3 is 0 Å². The summed E-state index contributed by atoms with van der Waals surface area (Å²) in [6.45, 7) is 3.51. The predicted molar refractivity (Wildman–Crippen MR) is 64.9 cm³/mol. The average Bonchev–Trinajstić information content (AvgIpc) is 2.57. The standard InChI is InChI=1S/C10H16BrN3O2/c1-8-9(7-14(2)13-8)10(15)12-4-6-16-5-3-11/h7H,3-6H2,1-2H3,(H,12,15). The summed E-state index contributed by atoms with van der Waals surface area (Å²) in [7, 11) is 1.79. The van der Waals surface area contributed by atoms with Gasteiger partial charge in [-0.3, -0.25) is 9.48 Å². The largest absolute Gasteiger partial charge is 0.379 e. The van der Waals surface area contributed by atoms with E-state index in [2.05, 4.69) is 26.3 Å². The van der Waals surface area contributed by atoms with Gasteiger partial charge in [-0.25, -0.2) is 0 Å². The minimum absolute atomic E-state index is 0.104. The highest BCUT2D eigenvalue weighted by molar-refractivity contribution is 9.09. The Kier molecular flexibility index (Phi) is 5.48. The number of nitrogens with zero attached hydrogens (tertiary/aromatic N) is 2. The summed E-state index contributed by atoms with van der Waals surface area (Å²) in [6, 6.07) is 0. The first kappa shape index (κ1) is 13.2. The summed E-state index contributed by atoms with van der Waals surface area (Å²) >= 11 is 3.26. The zero-order valence-electron chi connectivity index (χ0n) is 9.49. The van der Waals surface area contributed by atoms with E-state index in [9.17, 15) is 4.79 Å². The number of alkyl halides is 1. The molecule has 90 valence electrons. The number of amides is 1. The zero-order valence-corrected chi connectivity index (χ0v) is 11.1. The lowest BCUT2D eigenvalue weighted by Gasteiger charge is -2.04. The van der Waals surface area contributed by atoms with Gasteiger partial charge in [-0.1, -0.05) is 15.9 Å². The topological polar surface area (TPSA) is 56.2 Å². The number of aryl methyl sites for hydroxylation is 2. The number of aromatic nitrogens is 2. The summed E-state index contributed by atoms with van der Waals surface area (Å²) in [5.41, 5.74) is 1.35. The van der Waals surface area contributed by atoms with Crippen LogP contribution in [0, 0.1) is 6.92 Å². The first-order chi connectivity index (χ1) is 7.65. The summed E-state index contributed by atoms with van der Waals surface area (Å²) in [5.74, 6) is -0.104. The molecule has 1 aromatic heterocycles. The molecule has 0 saturated heterocycles. The van der Waals surface area contributed by atoms with Crippen molar-refractivity contribution in [2.75, 3.05) is 25.1 Å². The Morgan fingerprint density at radius 2 is 2.38 bits per heavy atom. The number of carbonyl (C=O) groups is 1. The van der Waals surface area contributed by atoms with Crippen LogP contribution in [0.4, 0.5) is 0 Å². The highest BCUT2D eigenvalue weighted by atomic mass is 79.9. The fraction of sp³-hybridized carbons (Fsp3) is 0.600. The third-order valence-electron chi connectivity index (χ3n) is 2.01. The number of carbonyl (C=O) groups excluding carboxylic acids is 1. The van der Waals surface area contributed by atoms with Crippen LogP contribution in [0.15, 0.2) is 6.20 Å². The normalized spacial score (nSPS) is 10.4. The van der Waals surface area contributed by atoms with Crippen LogP contribution in [0.5, 0.6) is 0 Å². The van der Waals surface area contributed by atoms with E-state index in [1.807, 2.05) is 6.92 Å². The minimum atomic E-state index is -0.104. The van der Waals surface area contributed by atoms with Crippen molar-refractivity contribution in [2.45, 2.75) is 6.92 Å². The molecule has 0 aliphatic heterocycles. The molecule has 0 saturated carbocycles. The Hall–Kier alpha value is -0.880. The van der Waals surface area contributed by atoms with E-state index >= 15 is 0 Å². The fourth-order valence-electron chi connectivity index (χ4n) is 1.31. The lowest BCUT2D eigenvalue weighted by atomic mass is 10.2. The first-order valence-corrected chi connectivity index (χ1v) is 6.19. The molecule has 0 atom stereocenters. The van der Waals surface area contributed by atoms with Gasteiger partial charge in [0, 0.05) is 25.1 Å². The molecule has 0 aliphatic carbocycles. The zero-order chi connectivity index (χ0) is 12.0. The lowest BCUT2D eigenvalue weighted by Crippen LogP contribution is -2.27. The molecule has 1 amide bonds. The number of rotatable bonds is 6. The van der Waals surface area contributed by atoms with Crippen molar-refractivity contribution in [3.63, 3.8) is 0 Å². The average molecular weight is 290 g/mol. The molecule has 0 fully saturated rings. The van der Waals surface area contributed by atoms with Crippen LogP contribution in [0.25, 0.3) is 0 Å². The predicted octanol–water partition coefficient (Wildman–Crippen LogP) is 0.870. The van der Waals surface area contributed by atoms with Gasteiger partial charge in [-0.2, -0.15) is 5.10 Å². The third kappa shape index (κ3) is 3.94. The summed E-state index contributed by atoms with van der Waals surface area (Å²) in [4.78, 5) is 11.7. The van der Waals surface area contributed by atoms with Crippen LogP contribution < -0.4 is 5.32 Å². The van der Waals surface area contributed by atoms with Crippen LogP contribution in [0.1, 0.15) is 16.1 Å². The van der Waals surface area contributed by atoms with Gasteiger partial charge in [0.1, 0.15) is 0 Å².